The zero-order chi connectivity index (χ0) is 12.8. The molecule has 0 fully saturated rings. The van der Waals surface area contributed by atoms with Crippen molar-refractivity contribution in [2.24, 2.45) is 5.84 Å². The molecule has 3 N–H and O–H groups in total. The lowest BCUT2D eigenvalue weighted by atomic mass is 10.1. The highest BCUT2D eigenvalue weighted by molar-refractivity contribution is 5.12. The number of aromatic nitrogens is 2. The molecule has 1 aromatic rings. The Hall–Kier alpha value is -0.910. The summed E-state index contributed by atoms with van der Waals surface area (Å²) in [5, 5.41) is 4.55. The summed E-state index contributed by atoms with van der Waals surface area (Å²) in [6, 6.07) is 2.44. The fraction of sp³-hybridized carbons (Fsp3) is 0.750. The molecule has 0 aliphatic heterocycles. The molecule has 1 unspecified atom stereocenters. The SMILES string of the molecule is CCc1cc(CC(CN(C)C)NN)n(CC)n1. The Morgan fingerprint density at radius 1 is 1.47 bits per heavy atom. The average Bonchev–Trinajstić information content (AvgIpc) is 2.69. The van der Waals surface area contributed by atoms with Crippen molar-refractivity contribution in [3.63, 3.8) is 0 Å². The Morgan fingerprint density at radius 3 is 2.65 bits per heavy atom. The highest BCUT2D eigenvalue weighted by atomic mass is 15.3. The van der Waals surface area contributed by atoms with E-state index >= 15 is 0 Å². The van der Waals surface area contributed by atoms with E-state index in [0.29, 0.717) is 0 Å². The minimum atomic E-state index is 0.261. The van der Waals surface area contributed by atoms with Gasteiger partial charge in [-0.3, -0.25) is 16.0 Å². The third-order valence-electron chi connectivity index (χ3n) is 2.85. The Balaban J connectivity index is 2.73. The van der Waals surface area contributed by atoms with Gasteiger partial charge < -0.3 is 4.90 Å². The van der Waals surface area contributed by atoms with Crippen molar-refractivity contribution in [2.75, 3.05) is 20.6 Å². The summed E-state index contributed by atoms with van der Waals surface area (Å²) in [6.07, 6.45) is 1.89. The van der Waals surface area contributed by atoms with Crippen LogP contribution in [0.25, 0.3) is 0 Å². The van der Waals surface area contributed by atoms with Crippen LogP contribution < -0.4 is 11.3 Å². The van der Waals surface area contributed by atoms with Crippen LogP contribution in [0.2, 0.25) is 0 Å². The van der Waals surface area contributed by atoms with E-state index in [2.05, 4.69) is 54.1 Å². The fourth-order valence-corrected chi connectivity index (χ4v) is 2.00. The van der Waals surface area contributed by atoms with Gasteiger partial charge >= 0.3 is 0 Å². The van der Waals surface area contributed by atoms with Crippen LogP contribution in [0.15, 0.2) is 6.07 Å². The number of rotatable bonds is 7. The van der Waals surface area contributed by atoms with Gasteiger partial charge in [0.05, 0.1) is 5.69 Å². The number of nitrogens with two attached hydrogens (primary N) is 1. The van der Waals surface area contributed by atoms with Crippen LogP contribution in [0.1, 0.15) is 25.2 Å². The molecule has 1 rings (SSSR count). The Labute approximate surface area is 104 Å². The second kappa shape index (κ2) is 6.74. The lowest BCUT2D eigenvalue weighted by Crippen LogP contribution is -2.44. The van der Waals surface area contributed by atoms with Gasteiger partial charge in [0.15, 0.2) is 0 Å². The van der Waals surface area contributed by atoms with Crippen LogP contribution in [-0.2, 0) is 19.4 Å². The van der Waals surface area contributed by atoms with Crippen molar-refractivity contribution in [1.29, 1.82) is 0 Å². The van der Waals surface area contributed by atoms with Crippen molar-refractivity contribution in [3.8, 4) is 0 Å². The summed E-state index contributed by atoms with van der Waals surface area (Å²) in [5.41, 5.74) is 5.29. The van der Waals surface area contributed by atoms with Crippen molar-refractivity contribution in [2.45, 2.75) is 39.3 Å². The highest BCUT2D eigenvalue weighted by Crippen LogP contribution is 2.08. The molecule has 0 spiro atoms. The molecule has 0 bridgehead atoms. The van der Waals surface area contributed by atoms with Crippen LogP contribution in [0.3, 0.4) is 0 Å². The summed E-state index contributed by atoms with van der Waals surface area (Å²) in [4.78, 5) is 2.14. The normalized spacial score (nSPS) is 13.3. The minimum absolute atomic E-state index is 0.261. The number of hydrazine groups is 1. The van der Waals surface area contributed by atoms with Crippen molar-refractivity contribution < 1.29 is 0 Å². The first-order valence-corrected chi connectivity index (χ1v) is 6.27. The van der Waals surface area contributed by atoms with Crippen LogP contribution in [-0.4, -0.2) is 41.4 Å². The van der Waals surface area contributed by atoms with Gasteiger partial charge in [-0.15, -0.1) is 0 Å². The summed E-state index contributed by atoms with van der Waals surface area (Å²) in [6.45, 7) is 6.08. The van der Waals surface area contributed by atoms with Crippen molar-refractivity contribution in [1.82, 2.24) is 20.1 Å². The van der Waals surface area contributed by atoms with Crippen LogP contribution in [0.4, 0.5) is 0 Å². The Bertz CT molecular complexity index is 332. The number of nitrogens with zero attached hydrogens (tertiary/aromatic N) is 3. The van der Waals surface area contributed by atoms with E-state index in [-0.39, 0.29) is 6.04 Å². The first kappa shape index (κ1) is 14.2. The summed E-state index contributed by atoms with van der Waals surface area (Å²) in [5.74, 6) is 5.59. The van der Waals surface area contributed by atoms with Gasteiger partial charge in [0.25, 0.3) is 0 Å². The molecule has 0 aromatic carbocycles. The molecule has 98 valence electrons. The average molecular weight is 239 g/mol. The monoisotopic (exact) mass is 239 g/mol. The van der Waals surface area contributed by atoms with Crippen LogP contribution >= 0.6 is 0 Å². The molecule has 17 heavy (non-hydrogen) atoms. The molecule has 0 amide bonds. The molecule has 0 saturated heterocycles. The van der Waals surface area contributed by atoms with Crippen LogP contribution in [0.5, 0.6) is 0 Å². The maximum Gasteiger partial charge on any atom is 0.0624 e. The van der Waals surface area contributed by atoms with E-state index < -0.39 is 0 Å². The van der Waals surface area contributed by atoms with Crippen LogP contribution in [0, 0.1) is 0 Å². The van der Waals surface area contributed by atoms with Gasteiger partial charge in [0.2, 0.25) is 0 Å². The van der Waals surface area contributed by atoms with E-state index in [4.69, 9.17) is 5.84 Å². The summed E-state index contributed by atoms with van der Waals surface area (Å²) >= 11 is 0. The lowest BCUT2D eigenvalue weighted by Gasteiger charge is -2.20. The minimum Gasteiger partial charge on any atom is -0.308 e. The maximum atomic E-state index is 5.59. The molecular weight excluding hydrogens is 214 g/mol. The van der Waals surface area contributed by atoms with Crippen molar-refractivity contribution >= 4 is 0 Å². The van der Waals surface area contributed by atoms with Gasteiger partial charge in [-0.25, -0.2) is 0 Å². The van der Waals surface area contributed by atoms with Gasteiger partial charge in [0, 0.05) is 31.2 Å². The smallest absolute Gasteiger partial charge is 0.0624 e. The second-order valence-electron chi connectivity index (χ2n) is 4.63. The number of aryl methyl sites for hydroxylation is 2. The maximum absolute atomic E-state index is 5.59. The molecule has 5 nitrogen and oxygen atoms in total. The molecule has 5 heteroatoms. The zero-order valence-electron chi connectivity index (χ0n) is 11.4. The topological polar surface area (TPSA) is 59.1 Å². The third-order valence-corrected chi connectivity index (χ3v) is 2.85. The van der Waals surface area contributed by atoms with E-state index in [1.807, 2.05) is 0 Å². The predicted octanol–water partition coefficient (Wildman–Crippen LogP) is 0.401. The summed E-state index contributed by atoms with van der Waals surface area (Å²) in [7, 11) is 4.11. The van der Waals surface area contributed by atoms with Gasteiger partial charge in [0.1, 0.15) is 0 Å². The third kappa shape index (κ3) is 4.11. The predicted molar refractivity (Wildman–Crippen MR) is 70.6 cm³/mol. The number of likely N-dealkylation sites (N-methyl/N-ethyl adjacent to an activating group) is 1. The fourth-order valence-electron chi connectivity index (χ4n) is 2.00. The molecule has 0 saturated carbocycles. The Morgan fingerprint density at radius 2 is 2.18 bits per heavy atom. The van der Waals surface area contributed by atoms with Gasteiger partial charge in [-0.05, 0) is 33.5 Å². The molecule has 1 atom stereocenters. The van der Waals surface area contributed by atoms with E-state index in [1.54, 1.807) is 0 Å². The molecule has 1 aromatic heterocycles. The molecular formula is C12H25N5. The van der Waals surface area contributed by atoms with Crippen molar-refractivity contribution in [3.05, 3.63) is 17.5 Å². The molecule has 0 aliphatic carbocycles. The quantitative estimate of drug-likeness (QED) is 0.534. The lowest BCUT2D eigenvalue weighted by molar-refractivity contribution is 0.334. The summed E-state index contributed by atoms with van der Waals surface area (Å²) < 4.78 is 2.07. The molecule has 0 aliphatic rings. The second-order valence-corrected chi connectivity index (χ2v) is 4.63. The number of hydrogen-bond donors (Lipinski definition) is 2. The standard InChI is InChI=1S/C12H25N5/c1-5-10-7-12(17(6-2)15-10)8-11(14-13)9-16(3)4/h7,11,14H,5-6,8-9,13H2,1-4H3. The first-order valence-electron chi connectivity index (χ1n) is 6.27. The highest BCUT2D eigenvalue weighted by Gasteiger charge is 2.13. The Kier molecular flexibility index (Phi) is 5.61. The molecule has 0 radical (unpaired) electrons. The number of hydrogen-bond acceptors (Lipinski definition) is 4. The van der Waals surface area contributed by atoms with Gasteiger partial charge in [-0.2, -0.15) is 5.10 Å². The van der Waals surface area contributed by atoms with E-state index in [0.717, 1.165) is 31.6 Å². The number of nitrogens with one attached hydrogen (secondary N) is 1. The van der Waals surface area contributed by atoms with E-state index in [1.165, 1.54) is 5.69 Å². The van der Waals surface area contributed by atoms with Gasteiger partial charge in [-0.1, -0.05) is 6.92 Å². The van der Waals surface area contributed by atoms with E-state index in [9.17, 15) is 0 Å². The first-order chi connectivity index (χ1) is 8.10. The zero-order valence-corrected chi connectivity index (χ0v) is 11.4. The molecule has 1 heterocycles. The largest absolute Gasteiger partial charge is 0.308 e.